The Kier molecular flexibility index (Phi) is 6.55. The molecule has 0 radical (unpaired) electrons. The normalized spacial score (nSPS) is 11.5. The van der Waals surface area contributed by atoms with Crippen molar-refractivity contribution in [3.05, 3.63) is 97.8 Å². The topological polar surface area (TPSA) is 193 Å². The second-order valence-corrected chi connectivity index (χ2v) is 9.97. The van der Waals surface area contributed by atoms with Crippen LogP contribution in [0.4, 0.5) is 11.4 Å². The number of phenols is 2. The molecule has 0 spiro atoms. The van der Waals surface area contributed by atoms with Crippen molar-refractivity contribution in [1.29, 1.82) is 0 Å². The van der Waals surface area contributed by atoms with Gasteiger partial charge in [0.1, 0.15) is 39.6 Å². The van der Waals surface area contributed by atoms with E-state index in [4.69, 9.17) is 11.6 Å². The van der Waals surface area contributed by atoms with Gasteiger partial charge in [-0.1, -0.05) is 23.7 Å². The van der Waals surface area contributed by atoms with E-state index in [0.29, 0.717) is 55.2 Å². The zero-order chi connectivity index (χ0) is 29.5. The third-order valence-electron chi connectivity index (χ3n) is 6.34. The van der Waals surface area contributed by atoms with Crippen molar-refractivity contribution in [2.45, 2.75) is 13.8 Å². The first-order valence-corrected chi connectivity index (χ1v) is 12.9. The van der Waals surface area contributed by atoms with Gasteiger partial charge in [-0.05, 0) is 73.5 Å². The molecule has 0 saturated heterocycles. The summed E-state index contributed by atoms with van der Waals surface area (Å²) in [7, 11) is 0. The first-order valence-electron chi connectivity index (χ1n) is 12.5. The minimum Gasteiger partial charge on any atom is -0.506 e. The van der Waals surface area contributed by atoms with Crippen LogP contribution in [0.15, 0.2) is 80.5 Å². The summed E-state index contributed by atoms with van der Waals surface area (Å²) in [6, 6.07) is 17.0. The molecule has 0 unspecified atom stereocenters. The van der Waals surface area contributed by atoms with E-state index < -0.39 is 0 Å². The van der Waals surface area contributed by atoms with Crippen LogP contribution in [0.1, 0.15) is 11.1 Å². The lowest BCUT2D eigenvalue weighted by Gasteiger charge is -2.03. The summed E-state index contributed by atoms with van der Waals surface area (Å²) in [5, 5.41) is 36.8. The number of hydrogen-bond donors (Lipinski definition) is 6. The maximum absolute atomic E-state index is 11.3. The summed E-state index contributed by atoms with van der Waals surface area (Å²) in [5.74, 6) is 0.150. The highest BCUT2D eigenvalue weighted by atomic mass is 35.5. The van der Waals surface area contributed by atoms with Crippen molar-refractivity contribution in [1.82, 2.24) is 34.9 Å². The van der Waals surface area contributed by atoms with Crippen molar-refractivity contribution in [3.63, 3.8) is 0 Å². The Labute approximate surface area is 240 Å². The van der Waals surface area contributed by atoms with Gasteiger partial charge >= 0.3 is 11.4 Å². The molecule has 6 N–H and O–H groups in total. The second-order valence-electron chi connectivity index (χ2n) is 9.57. The lowest BCUT2D eigenvalue weighted by molar-refractivity contribution is 0.467. The number of hydrogen-bond acceptors (Lipinski definition) is 8. The third kappa shape index (κ3) is 5.23. The molecule has 13 nitrogen and oxygen atoms in total. The number of aromatic hydroxyl groups is 2. The van der Waals surface area contributed by atoms with E-state index >= 15 is 0 Å². The molecule has 0 bridgehead atoms. The van der Waals surface area contributed by atoms with E-state index in [1.165, 1.54) is 4.80 Å². The van der Waals surface area contributed by atoms with Crippen LogP contribution in [-0.2, 0) is 0 Å². The maximum atomic E-state index is 11.3. The van der Waals surface area contributed by atoms with Gasteiger partial charge < -0.3 is 30.1 Å². The van der Waals surface area contributed by atoms with Gasteiger partial charge in [-0.25, -0.2) is 9.59 Å². The lowest BCUT2D eigenvalue weighted by Crippen LogP contribution is -1.99. The molecule has 0 amide bonds. The third-order valence-corrected chi connectivity index (χ3v) is 6.64. The molecule has 0 aliphatic carbocycles. The van der Waals surface area contributed by atoms with Gasteiger partial charge in [0.2, 0.25) is 0 Å². The molecular formula is C28H22ClN9O4. The van der Waals surface area contributed by atoms with Crippen LogP contribution < -0.4 is 11.4 Å². The minimum atomic E-state index is -0.313. The summed E-state index contributed by atoms with van der Waals surface area (Å²) >= 11 is 6.10. The Morgan fingerprint density at radius 3 is 1.79 bits per heavy atom. The largest absolute Gasteiger partial charge is 0.506 e. The SMILES string of the molecule is Cc1ccc(O)c(-n2nc3cc4[nH]c(=O)[nH]c4cc3n2)c1.Cc1ccc(O)c(N=Nc2cc3[nH]c(=O)[nH]c3cc2Cl)c1. The van der Waals surface area contributed by atoms with Crippen LogP contribution >= 0.6 is 11.6 Å². The van der Waals surface area contributed by atoms with Gasteiger partial charge in [0.05, 0.1) is 27.1 Å². The van der Waals surface area contributed by atoms with E-state index in [-0.39, 0.29) is 22.9 Å². The molecule has 3 heterocycles. The van der Waals surface area contributed by atoms with Crippen molar-refractivity contribution in [2.75, 3.05) is 0 Å². The number of aryl methyl sites for hydroxylation is 2. The first kappa shape index (κ1) is 26.5. The monoisotopic (exact) mass is 583 g/mol. The average Bonchev–Trinajstić information content (AvgIpc) is 3.63. The van der Waals surface area contributed by atoms with Gasteiger partial charge in [-0.2, -0.15) is 0 Å². The van der Waals surface area contributed by atoms with Gasteiger partial charge in [0, 0.05) is 0 Å². The van der Waals surface area contributed by atoms with Crippen LogP contribution in [0.3, 0.4) is 0 Å². The van der Waals surface area contributed by atoms with Gasteiger partial charge in [0.25, 0.3) is 0 Å². The predicted molar refractivity (Wildman–Crippen MR) is 159 cm³/mol. The molecule has 3 aromatic heterocycles. The van der Waals surface area contributed by atoms with Crippen LogP contribution in [0.25, 0.3) is 38.8 Å². The molecule has 0 fully saturated rings. The number of aromatic amines is 4. The number of aromatic nitrogens is 7. The fourth-order valence-corrected chi connectivity index (χ4v) is 4.49. The molecule has 14 heteroatoms. The maximum Gasteiger partial charge on any atom is 0.323 e. The number of benzene rings is 4. The Morgan fingerprint density at radius 1 is 0.667 bits per heavy atom. The van der Waals surface area contributed by atoms with Gasteiger partial charge in [-0.15, -0.1) is 25.2 Å². The van der Waals surface area contributed by atoms with Gasteiger partial charge in [-0.3, -0.25) is 0 Å². The van der Waals surface area contributed by atoms with Crippen LogP contribution in [0, 0.1) is 13.8 Å². The molecule has 42 heavy (non-hydrogen) atoms. The molecule has 7 rings (SSSR count). The summed E-state index contributed by atoms with van der Waals surface area (Å²) < 4.78 is 0. The Bertz CT molecular complexity index is 2220. The summed E-state index contributed by atoms with van der Waals surface area (Å²) in [6.45, 7) is 3.82. The molecule has 0 aliphatic rings. The summed E-state index contributed by atoms with van der Waals surface area (Å²) in [6.07, 6.45) is 0. The Morgan fingerprint density at radius 2 is 1.17 bits per heavy atom. The van der Waals surface area contributed by atoms with Gasteiger partial charge in [0.15, 0.2) is 0 Å². The van der Waals surface area contributed by atoms with Crippen molar-refractivity contribution in [3.8, 4) is 17.2 Å². The molecule has 4 aromatic carbocycles. The number of azo groups is 1. The van der Waals surface area contributed by atoms with E-state index in [0.717, 1.165) is 11.1 Å². The van der Waals surface area contributed by atoms with E-state index in [1.807, 2.05) is 26.0 Å². The average molecular weight is 584 g/mol. The molecular weight excluding hydrogens is 562 g/mol. The zero-order valence-corrected chi connectivity index (χ0v) is 22.9. The molecule has 0 atom stereocenters. The number of halogens is 1. The van der Waals surface area contributed by atoms with E-state index in [1.54, 1.807) is 48.5 Å². The highest BCUT2D eigenvalue weighted by molar-refractivity contribution is 6.33. The lowest BCUT2D eigenvalue weighted by atomic mass is 10.2. The highest BCUT2D eigenvalue weighted by Crippen LogP contribution is 2.33. The minimum absolute atomic E-state index is 0.0385. The number of nitrogens with one attached hydrogen (secondary N) is 4. The summed E-state index contributed by atoms with van der Waals surface area (Å²) in [4.78, 5) is 34.5. The molecule has 0 saturated carbocycles. The van der Waals surface area contributed by atoms with Crippen LogP contribution in [0.2, 0.25) is 5.02 Å². The smallest absolute Gasteiger partial charge is 0.323 e. The zero-order valence-electron chi connectivity index (χ0n) is 22.1. The number of nitrogens with zero attached hydrogens (tertiary/aromatic N) is 5. The number of phenolic OH excluding ortho intramolecular Hbond substituents is 2. The fraction of sp³-hybridized carbons (Fsp3) is 0.0714. The van der Waals surface area contributed by atoms with E-state index in [2.05, 4.69) is 40.4 Å². The fourth-order valence-electron chi connectivity index (χ4n) is 4.29. The predicted octanol–water partition coefficient (Wildman–Crippen LogP) is 5.54. The number of fused-ring (bicyclic) bond motifs is 3. The van der Waals surface area contributed by atoms with Crippen molar-refractivity contribution >= 4 is 56.1 Å². The van der Waals surface area contributed by atoms with Crippen molar-refractivity contribution < 1.29 is 10.2 Å². The van der Waals surface area contributed by atoms with Crippen LogP contribution in [-0.4, -0.2) is 45.1 Å². The number of imidazole rings is 2. The standard InChI is InChI=1S/C14H11ClN4O2.C14H11N5O2/c1-7-2-3-13(20)12(4-7)19-18-9-6-11-10(5-8(9)15)16-14(21)17-11;1-7-2-3-13(20)12(4-7)19-17-10-5-8-9(6-11(10)18-19)16-14(21)15-8/h2-6,20H,1H3,(H2,16,17,21);2-6,20H,1H3,(H2,15,16,21). The first-order chi connectivity index (χ1) is 20.1. The Hall–Kier alpha value is -5.69. The Balaban J connectivity index is 0.000000150. The van der Waals surface area contributed by atoms with E-state index in [9.17, 15) is 19.8 Å². The van der Waals surface area contributed by atoms with Crippen molar-refractivity contribution in [2.24, 2.45) is 10.2 Å². The van der Waals surface area contributed by atoms with Crippen LogP contribution in [0.5, 0.6) is 11.5 Å². The molecule has 210 valence electrons. The quantitative estimate of drug-likeness (QED) is 0.148. The highest BCUT2D eigenvalue weighted by Gasteiger charge is 2.11. The second kappa shape index (κ2) is 10.4. The molecule has 0 aliphatic heterocycles. The molecule has 7 aromatic rings. The number of H-pyrrole nitrogens is 4. The number of rotatable bonds is 3. The summed E-state index contributed by atoms with van der Waals surface area (Å²) in [5.41, 5.74) is 6.47.